The predicted molar refractivity (Wildman–Crippen MR) is 89.2 cm³/mol. The third-order valence-corrected chi connectivity index (χ3v) is 4.10. The van der Waals surface area contributed by atoms with E-state index >= 15 is 0 Å². The number of nitrogens with zero attached hydrogens (tertiary/aromatic N) is 2. The number of benzene rings is 2. The van der Waals surface area contributed by atoms with E-state index in [-0.39, 0.29) is 16.7 Å². The number of non-ortho nitro benzene ring substituents is 1. The van der Waals surface area contributed by atoms with Crippen LogP contribution in [0.2, 0.25) is 0 Å². The maximum Gasteiger partial charge on any atom is 0.269 e. The lowest BCUT2D eigenvalue weighted by molar-refractivity contribution is -0.384. The van der Waals surface area contributed by atoms with Gasteiger partial charge in [-0.25, -0.2) is 0 Å². The van der Waals surface area contributed by atoms with E-state index in [0.717, 1.165) is 22.3 Å². The summed E-state index contributed by atoms with van der Waals surface area (Å²) >= 11 is 0. The van der Waals surface area contributed by atoms with Crippen molar-refractivity contribution in [1.29, 1.82) is 0 Å². The maximum atomic E-state index is 10.7. The van der Waals surface area contributed by atoms with Gasteiger partial charge in [0.2, 0.25) is 0 Å². The molecule has 0 aliphatic heterocycles. The number of nitro groups is 1. The molecule has 5 heteroatoms. The first-order valence-electron chi connectivity index (χ1n) is 7.46. The molecule has 0 spiro atoms. The van der Waals surface area contributed by atoms with E-state index in [0.29, 0.717) is 6.54 Å². The molecule has 1 atom stereocenters. The highest BCUT2D eigenvalue weighted by atomic mass is 16.6. The molecule has 0 unspecified atom stereocenters. The molecule has 3 aromatic rings. The molecule has 1 aromatic heterocycles. The molecule has 2 aromatic carbocycles. The number of para-hydroxylation sites is 1. The van der Waals surface area contributed by atoms with Crippen LogP contribution < -0.4 is 0 Å². The van der Waals surface area contributed by atoms with Crippen LogP contribution in [0.5, 0.6) is 0 Å². The van der Waals surface area contributed by atoms with Crippen LogP contribution in [0.1, 0.15) is 24.3 Å². The summed E-state index contributed by atoms with van der Waals surface area (Å²) in [6.45, 7) is 2.78. The Hall–Kier alpha value is -2.66. The maximum absolute atomic E-state index is 10.7. The van der Waals surface area contributed by atoms with Gasteiger partial charge >= 0.3 is 0 Å². The largest absolute Gasteiger partial charge is 0.459 e. The fraction of sp³-hybridized carbons (Fsp3) is 0.222. The van der Waals surface area contributed by atoms with Gasteiger partial charge in [-0.3, -0.25) is 15.0 Å². The summed E-state index contributed by atoms with van der Waals surface area (Å²) in [5, 5.41) is 11.8. The summed E-state index contributed by atoms with van der Waals surface area (Å²) in [5.41, 5.74) is 2.03. The summed E-state index contributed by atoms with van der Waals surface area (Å²) < 4.78 is 5.91. The number of fused-ring (bicyclic) bond motifs is 1. The number of hydrogen-bond donors (Lipinski definition) is 0. The highest BCUT2D eigenvalue weighted by Gasteiger charge is 2.16. The van der Waals surface area contributed by atoms with Gasteiger partial charge in [-0.05, 0) is 31.7 Å². The van der Waals surface area contributed by atoms with Gasteiger partial charge in [0, 0.05) is 24.1 Å². The van der Waals surface area contributed by atoms with Crippen molar-refractivity contribution in [2.24, 2.45) is 0 Å². The van der Waals surface area contributed by atoms with Crippen LogP contribution in [0.4, 0.5) is 5.69 Å². The molecule has 5 nitrogen and oxygen atoms in total. The fourth-order valence-electron chi connectivity index (χ4n) is 2.57. The highest BCUT2D eigenvalue weighted by molar-refractivity contribution is 5.77. The van der Waals surface area contributed by atoms with Crippen LogP contribution in [0.25, 0.3) is 11.0 Å². The molecule has 0 aliphatic rings. The van der Waals surface area contributed by atoms with E-state index in [4.69, 9.17) is 4.42 Å². The zero-order valence-corrected chi connectivity index (χ0v) is 13.1. The highest BCUT2D eigenvalue weighted by Crippen LogP contribution is 2.27. The Morgan fingerprint density at radius 2 is 1.87 bits per heavy atom. The first-order valence-corrected chi connectivity index (χ1v) is 7.46. The van der Waals surface area contributed by atoms with Gasteiger partial charge in [0.15, 0.2) is 0 Å². The van der Waals surface area contributed by atoms with Gasteiger partial charge in [0.25, 0.3) is 5.69 Å². The smallest absolute Gasteiger partial charge is 0.269 e. The second kappa shape index (κ2) is 6.22. The average Bonchev–Trinajstić information content (AvgIpc) is 2.98. The zero-order valence-electron chi connectivity index (χ0n) is 13.1. The minimum absolute atomic E-state index is 0.109. The van der Waals surface area contributed by atoms with Crippen molar-refractivity contribution in [3.05, 3.63) is 76.0 Å². The summed E-state index contributed by atoms with van der Waals surface area (Å²) in [6.07, 6.45) is 0. The molecule has 0 bridgehead atoms. The van der Waals surface area contributed by atoms with Gasteiger partial charge < -0.3 is 4.42 Å². The second-order valence-electron chi connectivity index (χ2n) is 5.70. The topological polar surface area (TPSA) is 59.5 Å². The lowest BCUT2D eigenvalue weighted by atomic mass is 10.1. The van der Waals surface area contributed by atoms with Gasteiger partial charge in [-0.1, -0.05) is 30.3 Å². The molecule has 0 amide bonds. The predicted octanol–water partition coefficient (Wildman–Crippen LogP) is 4.53. The molecule has 23 heavy (non-hydrogen) atoms. The molecular weight excluding hydrogens is 292 g/mol. The van der Waals surface area contributed by atoms with Gasteiger partial charge in [0.05, 0.1) is 11.0 Å². The lowest BCUT2D eigenvalue weighted by Crippen LogP contribution is -2.21. The number of nitro benzene ring substituents is 1. The van der Waals surface area contributed by atoms with Crippen molar-refractivity contribution in [2.75, 3.05) is 7.05 Å². The van der Waals surface area contributed by atoms with Gasteiger partial charge in [-0.15, -0.1) is 0 Å². The Labute approximate surface area is 134 Å². The quantitative estimate of drug-likeness (QED) is 0.513. The Morgan fingerprint density at radius 1 is 1.17 bits per heavy atom. The molecule has 0 fully saturated rings. The summed E-state index contributed by atoms with van der Waals surface area (Å²) in [4.78, 5) is 12.5. The van der Waals surface area contributed by atoms with Crippen molar-refractivity contribution in [3.8, 4) is 0 Å². The molecular formula is C18H18N2O3. The minimum Gasteiger partial charge on any atom is -0.459 e. The van der Waals surface area contributed by atoms with Crippen LogP contribution in [-0.4, -0.2) is 16.9 Å². The van der Waals surface area contributed by atoms with Crippen molar-refractivity contribution < 1.29 is 9.34 Å². The molecule has 0 aliphatic carbocycles. The summed E-state index contributed by atoms with van der Waals surface area (Å²) in [6, 6.07) is 16.8. The van der Waals surface area contributed by atoms with Crippen molar-refractivity contribution in [1.82, 2.24) is 4.90 Å². The third-order valence-electron chi connectivity index (χ3n) is 4.10. The first kappa shape index (κ1) is 15.2. The van der Waals surface area contributed by atoms with Crippen LogP contribution in [0.15, 0.2) is 59.0 Å². The third kappa shape index (κ3) is 3.24. The van der Waals surface area contributed by atoms with E-state index < -0.39 is 0 Å². The van der Waals surface area contributed by atoms with Crippen LogP contribution in [0.3, 0.4) is 0 Å². The van der Waals surface area contributed by atoms with Crippen molar-refractivity contribution >= 4 is 16.7 Å². The Bertz CT molecular complexity index is 791. The van der Waals surface area contributed by atoms with Gasteiger partial charge in [-0.2, -0.15) is 0 Å². The molecule has 0 N–H and O–H groups in total. The van der Waals surface area contributed by atoms with Gasteiger partial charge in [0.1, 0.15) is 11.3 Å². The fourth-order valence-corrected chi connectivity index (χ4v) is 2.57. The standard InChI is InChI=1S/C18H18N2O3/c1-13(18-11-15-5-3-4-6-17(15)23-18)19(2)12-14-7-9-16(10-8-14)20(21)22/h3-11,13H,12H2,1-2H3/t13-/m1/s1. The van der Waals surface area contributed by atoms with Crippen LogP contribution in [-0.2, 0) is 6.54 Å². The van der Waals surface area contributed by atoms with Crippen LogP contribution in [0, 0.1) is 10.1 Å². The second-order valence-corrected chi connectivity index (χ2v) is 5.70. The number of rotatable bonds is 5. The van der Waals surface area contributed by atoms with Crippen molar-refractivity contribution in [2.45, 2.75) is 19.5 Å². The lowest BCUT2D eigenvalue weighted by Gasteiger charge is -2.22. The Kier molecular flexibility index (Phi) is 4.12. The van der Waals surface area contributed by atoms with E-state index in [2.05, 4.69) is 17.9 Å². The molecule has 0 radical (unpaired) electrons. The Balaban J connectivity index is 1.73. The minimum atomic E-state index is -0.384. The molecule has 1 heterocycles. The monoisotopic (exact) mass is 310 g/mol. The van der Waals surface area contributed by atoms with E-state index in [1.165, 1.54) is 12.1 Å². The SMILES string of the molecule is C[C@H](c1cc2ccccc2o1)N(C)Cc1ccc([N+](=O)[O-])cc1. The first-order chi connectivity index (χ1) is 11.0. The summed E-state index contributed by atoms with van der Waals surface area (Å²) in [7, 11) is 2.01. The summed E-state index contributed by atoms with van der Waals surface area (Å²) in [5.74, 6) is 0.913. The van der Waals surface area contributed by atoms with Crippen molar-refractivity contribution in [3.63, 3.8) is 0 Å². The number of furan rings is 1. The molecule has 0 saturated carbocycles. The van der Waals surface area contributed by atoms with E-state index in [1.807, 2.05) is 31.3 Å². The normalized spacial score (nSPS) is 12.7. The molecule has 3 rings (SSSR count). The van der Waals surface area contributed by atoms with Crippen LogP contribution >= 0.6 is 0 Å². The van der Waals surface area contributed by atoms with E-state index in [9.17, 15) is 10.1 Å². The Morgan fingerprint density at radius 3 is 2.52 bits per heavy atom. The number of hydrogen-bond acceptors (Lipinski definition) is 4. The van der Waals surface area contributed by atoms with E-state index in [1.54, 1.807) is 12.1 Å². The molecule has 0 saturated heterocycles. The molecule has 118 valence electrons. The average molecular weight is 310 g/mol. The zero-order chi connectivity index (χ0) is 16.4.